The van der Waals surface area contributed by atoms with E-state index in [-0.39, 0.29) is 0 Å². The minimum atomic E-state index is 0.335. The lowest BCUT2D eigenvalue weighted by Crippen LogP contribution is -2.03. The summed E-state index contributed by atoms with van der Waals surface area (Å²) in [6.45, 7) is 1.92. The molecular formula is C23H25N5O. The van der Waals surface area contributed by atoms with Crippen molar-refractivity contribution in [1.82, 2.24) is 19.6 Å². The van der Waals surface area contributed by atoms with Crippen LogP contribution >= 0.6 is 0 Å². The van der Waals surface area contributed by atoms with Crippen LogP contribution in [-0.2, 0) is 11.2 Å². The Morgan fingerprint density at radius 3 is 2.83 bits per heavy atom. The summed E-state index contributed by atoms with van der Waals surface area (Å²) in [4.78, 5) is 20.8. The van der Waals surface area contributed by atoms with Crippen LogP contribution in [0, 0.1) is 0 Å². The molecule has 0 radical (unpaired) electrons. The highest BCUT2D eigenvalue weighted by Crippen LogP contribution is 2.27. The van der Waals surface area contributed by atoms with Gasteiger partial charge in [-0.25, -0.2) is 4.98 Å². The number of pyridine rings is 1. The number of aromatic nitrogens is 4. The fraction of sp³-hybridized carbons (Fsp3) is 0.304. The van der Waals surface area contributed by atoms with E-state index in [0.717, 1.165) is 59.1 Å². The van der Waals surface area contributed by atoms with Crippen LogP contribution in [0.25, 0.3) is 27.7 Å². The van der Waals surface area contributed by atoms with E-state index in [0.29, 0.717) is 24.4 Å². The number of benzene rings is 1. The van der Waals surface area contributed by atoms with Gasteiger partial charge in [0.1, 0.15) is 11.6 Å². The van der Waals surface area contributed by atoms with Gasteiger partial charge in [-0.1, -0.05) is 31.5 Å². The molecule has 2 N–H and O–H groups in total. The van der Waals surface area contributed by atoms with Crippen LogP contribution in [-0.4, -0.2) is 25.4 Å². The van der Waals surface area contributed by atoms with Gasteiger partial charge in [0.15, 0.2) is 5.65 Å². The number of aryl methyl sites for hydroxylation is 1. The second-order valence-electron chi connectivity index (χ2n) is 7.34. The molecule has 3 aromatic heterocycles. The Labute approximate surface area is 169 Å². The van der Waals surface area contributed by atoms with Crippen molar-refractivity contribution in [1.29, 1.82) is 0 Å². The molecule has 1 aromatic carbocycles. The first-order valence-corrected chi connectivity index (χ1v) is 10.2. The van der Waals surface area contributed by atoms with E-state index in [2.05, 4.69) is 16.1 Å². The van der Waals surface area contributed by atoms with Gasteiger partial charge in [-0.15, -0.1) is 0 Å². The molecule has 0 amide bonds. The van der Waals surface area contributed by atoms with E-state index >= 15 is 0 Å². The number of carbonyl (C=O) groups excluding carboxylic acids is 1. The Morgan fingerprint density at radius 2 is 1.97 bits per heavy atom. The maximum absolute atomic E-state index is 11.4. The van der Waals surface area contributed by atoms with Crippen molar-refractivity contribution >= 4 is 28.2 Å². The molecule has 0 spiro atoms. The maximum atomic E-state index is 11.4. The molecule has 0 saturated heterocycles. The maximum Gasteiger partial charge on any atom is 0.165 e. The number of nitrogens with two attached hydrogens (primary N) is 1. The third-order valence-electron chi connectivity index (χ3n) is 5.24. The Balaban J connectivity index is 1.57. The van der Waals surface area contributed by atoms with Gasteiger partial charge in [-0.05, 0) is 31.4 Å². The lowest BCUT2D eigenvalue weighted by Gasteiger charge is -2.06. The van der Waals surface area contributed by atoms with Crippen LogP contribution in [0.4, 0.5) is 5.82 Å². The molecule has 4 rings (SSSR count). The second-order valence-corrected chi connectivity index (χ2v) is 7.34. The number of anilines is 1. The van der Waals surface area contributed by atoms with E-state index < -0.39 is 0 Å². The fourth-order valence-electron chi connectivity index (χ4n) is 3.57. The highest BCUT2D eigenvalue weighted by Gasteiger charge is 2.13. The molecule has 0 aliphatic rings. The zero-order valence-electron chi connectivity index (χ0n) is 16.6. The summed E-state index contributed by atoms with van der Waals surface area (Å²) in [5.41, 5.74) is 10.8. The summed E-state index contributed by atoms with van der Waals surface area (Å²) >= 11 is 0. The normalized spacial score (nSPS) is 11.3. The number of nitrogens with zero attached hydrogens (tertiary/aromatic N) is 4. The first-order valence-electron chi connectivity index (χ1n) is 10.2. The standard InChI is InChI=1S/C23H25N5O/c1-2-19(29)10-5-3-4-9-18-13-22(24)28-23(27-18)20(15-26-28)17-12-16-8-6-7-11-21(16)25-14-17/h6-8,11-15H,2-5,9-10,24H2,1H3. The first kappa shape index (κ1) is 19.1. The smallest absolute Gasteiger partial charge is 0.165 e. The van der Waals surface area contributed by atoms with Crippen LogP contribution in [0.2, 0.25) is 0 Å². The SMILES string of the molecule is CCC(=O)CCCCCc1cc(N)n2ncc(-c3cnc4ccccc4c3)c2n1. The number of para-hydroxylation sites is 1. The van der Waals surface area contributed by atoms with Crippen LogP contribution < -0.4 is 5.73 Å². The zero-order chi connectivity index (χ0) is 20.2. The second kappa shape index (κ2) is 8.39. The van der Waals surface area contributed by atoms with Crippen LogP contribution in [0.3, 0.4) is 0 Å². The lowest BCUT2D eigenvalue weighted by molar-refractivity contribution is -0.118. The van der Waals surface area contributed by atoms with Gasteiger partial charge in [0, 0.05) is 47.3 Å². The molecule has 0 saturated carbocycles. The highest BCUT2D eigenvalue weighted by molar-refractivity contribution is 5.86. The van der Waals surface area contributed by atoms with E-state index in [4.69, 9.17) is 10.7 Å². The Hall–Kier alpha value is -3.28. The molecule has 148 valence electrons. The number of unbranched alkanes of at least 4 members (excludes halogenated alkanes) is 2. The van der Waals surface area contributed by atoms with Crippen molar-refractivity contribution in [3.05, 3.63) is 54.5 Å². The number of rotatable bonds is 8. The summed E-state index contributed by atoms with van der Waals surface area (Å²) in [7, 11) is 0. The van der Waals surface area contributed by atoms with Crippen molar-refractivity contribution in [2.45, 2.75) is 45.4 Å². The number of ketones is 1. The van der Waals surface area contributed by atoms with Gasteiger partial charge in [0.2, 0.25) is 0 Å². The third-order valence-corrected chi connectivity index (χ3v) is 5.24. The van der Waals surface area contributed by atoms with E-state index in [1.165, 1.54) is 0 Å². The quantitative estimate of drug-likeness (QED) is 0.446. The molecule has 6 nitrogen and oxygen atoms in total. The highest BCUT2D eigenvalue weighted by atomic mass is 16.1. The van der Waals surface area contributed by atoms with Crippen LogP contribution in [0.1, 0.15) is 44.7 Å². The van der Waals surface area contributed by atoms with Crippen molar-refractivity contribution < 1.29 is 4.79 Å². The van der Waals surface area contributed by atoms with E-state index in [1.807, 2.05) is 43.5 Å². The number of fused-ring (bicyclic) bond motifs is 2. The average Bonchev–Trinajstić information content (AvgIpc) is 3.17. The van der Waals surface area contributed by atoms with E-state index in [9.17, 15) is 4.79 Å². The molecule has 0 unspecified atom stereocenters. The molecule has 29 heavy (non-hydrogen) atoms. The van der Waals surface area contributed by atoms with Gasteiger partial charge < -0.3 is 5.73 Å². The number of nitrogen functional groups attached to an aromatic ring is 1. The summed E-state index contributed by atoms with van der Waals surface area (Å²) < 4.78 is 1.67. The van der Waals surface area contributed by atoms with Gasteiger partial charge in [0.05, 0.1) is 11.7 Å². The topological polar surface area (TPSA) is 86.2 Å². The Bertz CT molecular complexity index is 1160. The zero-order valence-corrected chi connectivity index (χ0v) is 16.6. The largest absolute Gasteiger partial charge is 0.384 e. The molecule has 0 aliphatic heterocycles. The van der Waals surface area contributed by atoms with Crippen molar-refractivity contribution in [3.8, 4) is 11.1 Å². The minimum Gasteiger partial charge on any atom is -0.384 e. The first-order chi connectivity index (χ1) is 14.2. The number of Topliss-reactive ketones (excluding diaryl/α,β-unsaturated/α-hetero) is 1. The van der Waals surface area contributed by atoms with Gasteiger partial charge in [0.25, 0.3) is 0 Å². The summed E-state index contributed by atoms with van der Waals surface area (Å²) in [6, 6.07) is 12.0. The van der Waals surface area contributed by atoms with Crippen LogP contribution in [0.5, 0.6) is 0 Å². The molecule has 0 bridgehead atoms. The third kappa shape index (κ3) is 4.11. The summed E-state index contributed by atoms with van der Waals surface area (Å²) in [6.07, 6.45) is 8.72. The van der Waals surface area contributed by atoms with Gasteiger partial charge >= 0.3 is 0 Å². The Kier molecular flexibility index (Phi) is 5.51. The fourth-order valence-corrected chi connectivity index (χ4v) is 3.57. The van der Waals surface area contributed by atoms with Crippen molar-refractivity contribution in [3.63, 3.8) is 0 Å². The number of hydrogen-bond acceptors (Lipinski definition) is 5. The van der Waals surface area contributed by atoms with Gasteiger partial charge in [-0.2, -0.15) is 9.61 Å². The number of hydrogen-bond donors (Lipinski definition) is 1. The predicted octanol–water partition coefficient (Wildman–Crippen LogP) is 4.61. The summed E-state index contributed by atoms with van der Waals surface area (Å²) in [5, 5.41) is 5.50. The molecule has 0 aliphatic carbocycles. The molecule has 3 heterocycles. The predicted molar refractivity (Wildman–Crippen MR) is 116 cm³/mol. The molecule has 0 fully saturated rings. The molecule has 4 aromatic rings. The minimum absolute atomic E-state index is 0.335. The van der Waals surface area contributed by atoms with Gasteiger partial charge in [-0.3, -0.25) is 9.78 Å². The lowest BCUT2D eigenvalue weighted by atomic mass is 10.1. The Morgan fingerprint density at radius 1 is 1.10 bits per heavy atom. The monoisotopic (exact) mass is 387 g/mol. The van der Waals surface area contributed by atoms with Crippen molar-refractivity contribution in [2.24, 2.45) is 0 Å². The van der Waals surface area contributed by atoms with Crippen LogP contribution in [0.15, 0.2) is 48.8 Å². The van der Waals surface area contributed by atoms with E-state index in [1.54, 1.807) is 10.7 Å². The summed E-state index contributed by atoms with van der Waals surface area (Å²) in [5.74, 6) is 0.910. The molecule has 6 heteroatoms. The molecular weight excluding hydrogens is 362 g/mol. The van der Waals surface area contributed by atoms with Crippen molar-refractivity contribution in [2.75, 3.05) is 5.73 Å². The molecule has 0 atom stereocenters. The number of carbonyl (C=O) groups is 1. The average molecular weight is 387 g/mol.